The monoisotopic (exact) mass is 244 g/mol. The number of rotatable bonds is 5. The Bertz CT molecular complexity index is 371. The summed E-state index contributed by atoms with van der Waals surface area (Å²) in [6, 6.07) is 4.27. The molecule has 0 aliphatic rings. The van der Waals surface area contributed by atoms with E-state index in [-0.39, 0.29) is 18.1 Å². The molecule has 1 amide bonds. The van der Waals surface area contributed by atoms with Crippen LogP contribution < -0.4 is 10.6 Å². The molecule has 0 aliphatic heterocycles. The van der Waals surface area contributed by atoms with Crippen molar-refractivity contribution >= 4 is 23.2 Å². The molecule has 0 atom stereocenters. The summed E-state index contributed by atoms with van der Waals surface area (Å²) in [7, 11) is 0. The molecule has 0 unspecified atom stereocenters. The van der Waals surface area contributed by atoms with Crippen LogP contribution in [0.5, 0.6) is 0 Å². The predicted molar refractivity (Wildman–Crippen MR) is 63.2 cm³/mol. The third-order valence-electron chi connectivity index (χ3n) is 1.94. The minimum atomic E-state index is -0.462. The summed E-state index contributed by atoms with van der Waals surface area (Å²) in [6.07, 6.45) is 0.876. The Balaban J connectivity index is 2.45. The summed E-state index contributed by atoms with van der Waals surface area (Å²) in [5, 5.41) is 5.72. The maximum absolute atomic E-state index is 13.3. The Labute approximate surface area is 99.0 Å². The number of carbonyl (C=O) groups excluding carboxylic acids is 1. The van der Waals surface area contributed by atoms with Gasteiger partial charge in [-0.3, -0.25) is 4.79 Å². The molecule has 1 aromatic rings. The van der Waals surface area contributed by atoms with Crippen LogP contribution in [0.25, 0.3) is 0 Å². The summed E-state index contributed by atoms with van der Waals surface area (Å²) in [4.78, 5) is 11.2. The van der Waals surface area contributed by atoms with Gasteiger partial charge in [-0.2, -0.15) is 0 Å². The minimum absolute atomic E-state index is 0.0541. The van der Waals surface area contributed by atoms with Gasteiger partial charge in [-0.1, -0.05) is 18.5 Å². The summed E-state index contributed by atoms with van der Waals surface area (Å²) in [5.41, 5.74) is 0.274. The van der Waals surface area contributed by atoms with Crippen molar-refractivity contribution in [3.8, 4) is 0 Å². The first-order valence-electron chi connectivity index (χ1n) is 5.09. The van der Waals surface area contributed by atoms with Crippen LogP contribution in [-0.4, -0.2) is 19.0 Å². The Morgan fingerprint density at radius 1 is 1.50 bits per heavy atom. The van der Waals surface area contributed by atoms with Crippen LogP contribution in [0.1, 0.15) is 13.3 Å². The topological polar surface area (TPSA) is 41.1 Å². The van der Waals surface area contributed by atoms with E-state index in [0.717, 1.165) is 6.42 Å². The summed E-state index contributed by atoms with van der Waals surface area (Å²) in [6.45, 7) is 2.65. The van der Waals surface area contributed by atoms with E-state index in [4.69, 9.17) is 11.6 Å². The summed E-state index contributed by atoms with van der Waals surface area (Å²) in [5.74, 6) is -0.619. The first kappa shape index (κ1) is 12.8. The normalized spacial score (nSPS) is 9.94. The Morgan fingerprint density at radius 3 is 2.88 bits per heavy atom. The molecule has 0 bridgehead atoms. The number of amides is 1. The molecule has 88 valence electrons. The van der Waals surface area contributed by atoms with E-state index in [9.17, 15) is 9.18 Å². The molecule has 0 heterocycles. The second kappa shape index (κ2) is 6.33. The number of hydrogen-bond acceptors (Lipinski definition) is 2. The van der Waals surface area contributed by atoms with Crippen molar-refractivity contribution in [3.63, 3.8) is 0 Å². The molecule has 0 saturated carbocycles. The quantitative estimate of drug-likeness (QED) is 0.835. The van der Waals surface area contributed by atoms with Gasteiger partial charge in [0.2, 0.25) is 5.91 Å². The zero-order chi connectivity index (χ0) is 12.0. The van der Waals surface area contributed by atoms with Gasteiger partial charge in [0.25, 0.3) is 0 Å². The molecule has 0 spiro atoms. The van der Waals surface area contributed by atoms with E-state index < -0.39 is 5.82 Å². The van der Waals surface area contributed by atoms with Gasteiger partial charge in [0.05, 0.1) is 12.2 Å². The zero-order valence-electron chi connectivity index (χ0n) is 9.02. The van der Waals surface area contributed by atoms with Crippen molar-refractivity contribution in [2.24, 2.45) is 0 Å². The maximum atomic E-state index is 13.3. The van der Waals surface area contributed by atoms with Crippen molar-refractivity contribution in [1.29, 1.82) is 0 Å². The van der Waals surface area contributed by atoms with Crippen LogP contribution in [0.4, 0.5) is 10.1 Å². The number of carbonyl (C=O) groups is 1. The molecule has 3 nitrogen and oxygen atoms in total. The second-order valence-corrected chi connectivity index (χ2v) is 3.76. The van der Waals surface area contributed by atoms with Gasteiger partial charge in [0.1, 0.15) is 5.82 Å². The predicted octanol–water partition coefficient (Wildman–Crippen LogP) is 2.42. The Hall–Kier alpha value is -1.29. The fraction of sp³-hybridized carbons (Fsp3) is 0.364. The van der Waals surface area contributed by atoms with Gasteiger partial charge in [0.15, 0.2) is 0 Å². The molecule has 1 aromatic carbocycles. The van der Waals surface area contributed by atoms with Gasteiger partial charge in [-0.15, -0.1) is 0 Å². The summed E-state index contributed by atoms with van der Waals surface area (Å²) >= 11 is 5.60. The van der Waals surface area contributed by atoms with Crippen LogP contribution in [0.3, 0.4) is 0 Å². The van der Waals surface area contributed by atoms with Gasteiger partial charge in [0, 0.05) is 11.6 Å². The molecule has 0 aromatic heterocycles. The maximum Gasteiger partial charge on any atom is 0.239 e. The lowest BCUT2D eigenvalue weighted by Crippen LogP contribution is -2.30. The molecular formula is C11H14ClFN2O. The number of halogens is 2. The Morgan fingerprint density at radius 2 is 2.25 bits per heavy atom. The third-order valence-corrected chi connectivity index (χ3v) is 2.18. The molecule has 1 rings (SSSR count). The standard InChI is InChI=1S/C11H14ClFN2O/c1-2-5-14-11(16)7-15-10-4-3-8(12)6-9(10)13/h3-4,6,15H,2,5,7H2,1H3,(H,14,16). The van der Waals surface area contributed by atoms with Gasteiger partial charge in [-0.25, -0.2) is 4.39 Å². The van der Waals surface area contributed by atoms with Crippen molar-refractivity contribution in [3.05, 3.63) is 29.0 Å². The highest BCUT2D eigenvalue weighted by Gasteiger charge is 2.04. The van der Waals surface area contributed by atoms with E-state index in [1.165, 1.54) is 12.1 Å². The lowest BCUT2D eigenvalue weighted by molar-refractivity contribution is -0.119. The number of nitrogens with one attached hydrogen (secondary N) is 2. The molecule has 0 saturated heterocycles. The number of hydrogen-bond donors (Lipinski definition) is 2. The molecular weight excluding hydrogens is 231 g/mol. The van der Waals surface area contributed by atoms with Gasteiger partial charge < -0.3 is 10.6 Å². The van der Waals surface area contributed by atoms with E-state index >= 15 is 0 Å². The lowest BCUT2D eigenvalue weighted by atomic mass is 10.3. The van der Waals surface area contributed by atoms with Crippen molar-refractivity contribution in [2.45, 2.75) is 13.3 Å². The van der Waals surface area contributed by atoms with Crippen LogP contribution in [0, 0.1) is 5.82 Å². The van der Waals surface area contributed by atoms with Gasteiger partial charge in [-0.05, 0) is 24.6 Å². The van der Waals surface area contributed by atoms with Crippen molar-refractivity contribution in [2.75, 3.05) is 18.4 Å². The van der Waals surface area contributed by atoms with Crippen LogP contribution in [0.15, 0.2) is 18.2 Å². The average molecular weight is 245 g/mol. The molecule has 0 aliphatic carbocycles. The highest BCUT2D eigenvalue weighted by Crippen LogP contribution is 2.18. The van der Waals surface area contributed by atoms with Crippen LogP contribution in [-0.2, 0) is 4.79 Å². The van der Waals surface area contributed by atoms with Crippen molar-refractivity contribution < 1.29 is 9.18 Å². The van der Waals surface area contributed by atoms with Crippen LogP contribution >= 0.6 is 11.6 Å². The highest BCUT2D eigenvalue weighted by atomic mass is 35.5. The minimum Gasteiger partial charge on any atom is -0.374 e. The van der Waals surface area contributed by atoms with E-state index in [1.54, 1.807) is 6.07 Å². The zero-order valence-corrected chi connectivity index (χ0v) is 9.77. The molecule has 0 radical (unpaired) electrons. The smallest absolute Gasteiger partial charge is 0.239 e. The van der Waals surface area contributed by atoms with E-state index in [1.807, 2.05) is 6.92 Å². The molecule has 5 heteroatoms. The van der Waals surface area contributed by atoms with Crippen LogP contribution in [0.2, 0.25) is 5.02 Å². The van der Waals surface area contributed by atoms with Crippen molar-refractivity contribution in [1.82, 2.24) is 5.32 Å². The molecule has 0 fully saturated rings. The largest absolute Gasteiger partial charge is 0.374 e. The van der Waals surface area contributed by atoms with Gasteiger partial charge >= 0.3 is 0 Å². The Kier molecular flexibility index (Phi) is 5.05. The molecule has 2 N–H and O–H groups in total. The first-order chi connectivity index (χ1) is 7.63. The SMILES string of the molecule is CCCNC(=O)CNc1ccc(Cl)cc1F. The number of anilines is 1. The highest BCUT2D eigenvalue weighted by molar-refractivity contribution is 6.30. The van der Waals surface area contributed by atoms with E-state index in [0.29, 0.717) is 11.6 Å². The van der Waals surface area contributed by atoms with E-state index in [2.05, 4.69) is 10.6 Å². The number of benzene rings is 1. The second-order valence-electron chi connectivity index (χ2n) is 3.33. The third kappa shape index (κ3) is 4.06. The fourth-order valence-electron chi connectivity index (χ4n) is 1.14. The average Bonchev–Trinajstić information content (AvgIpc) is 2.25. The first-order valence-corrected chi connectivity index (χ1v) is 5.47. The summed E-state index contributed by atoms with van der Waals surface area (Å²) < 4.78 is 13.3. The molecule has 16 heavy (non-hydrogen) atoms. The lowest BCUT2D eigenvalue weighted by Gasteiger charge is -2.07. The fourth-order valence-corrected chi connectivity index (χ4v) is 1.29.